The Hall–Kier alpha value is -1.59. The predicted molar refractivity (Wildman–Crippen MR) is 84.3 cm³/mol. The van der Waals surface area contributed by atoms with E-state index in [4.69, 9.17) is 10.5 Å². The van der Waals surface area contributed by atoms with E-state index in [2.05, 4.69) is 10.6 Å². The number of nitrogens with two attached hydrogens (primary N) is 1. The Bertz CT molecular complexity index is 457. The number of benzene rings is 1. The molecule has 0 bridgehead atoms. The van der Waals surface area contributed by atoms with Crippen molar-refractivity contribution in [1.29, 1.82) is 0 Å². The molecule has 5 nitrogen and oxygen atoms in total. The summed E-state index contributed by atoms with van der Waals surface area (Å²) in [5.41, 5.74) is 7.57. The van der Waals surface area contributed by atoms with Crippen LogP contribution in [0.25, 0.3) is 0 Å². The summed E-state index contributed by atoms with van der Waals surface area (Å²) in [6.45, 7) is 3.01. The van der Waals surface area contributed by atoms with Gasteiger partial charge in [-0.2, -0.15) is 0 Å². The number of carbonyl (C=O) groups excluding carboxylic acids is 1. The summed E-state index contributed by atoms with van der Waals surface area (Å²) in [4.78, 5) is 11.8. The Morgan fingerprint density at radius 1 is 1.43 bits per heavy atom. The van der Waals surface area contributed by atoms with Gasteiger partial charge in [-0.15, -0.1) is 0 Å². The van der Waals surface area contributed by atoms with E-state index in [0.717, 1.165) is 24.1 Å². The first-order chi connectivity index (χ1) is 10.1. The fourth-order valence-electron chi connectivity index (χ4n) is 2.52. The Morgan fingerprint density at radius 2 is 2.19 bits per heavy atom. The van der Waals surface area contributed by atoms with Crippen molar-refractivity contribution in [2.75, 3.05) is 18.5 Å². The lowest BCUT2D eigenvalue weighted by Gasteiger charge is -2.13. The Balaban J connectivity index is 1.67. The zero-order valence-electron chi connectivity index (χ0n) is 12.6. The monoisotopic (exact) mass is 291 g/mol. The van der Waals surface area contributed by atoms with Crippen molar-refractivity contribution in [3.05, 3.63) is 29.8 Å². The van der Waals surface area contributed by atoms with Gasteiger partial charge in [-0.3, -0.25) is 0 Å². The van der Waals surface area contributed by atoms with Crippen molar-refractivity contribution < 1.29 is 9.53 Å². The third-order valence-electron chi connectivity index (χ3n) is 3.71. The molecule has 1 aromatic carbocycles. The number of carbonyl (C=O) groups is 1. The van der Waals surface area contributed by atoms with Crippen LogP contribution in [-0.2, 0) is 4.74 Å². The van der Waals surface area contributed by atoms with Crippen LogP contribution in [0.1, 0.15) is 44.2 Å². The van der Waals surface area contributed by atoms with Gasteiger partial charge in [0.15, 0.2) is 0 Å². The molecule has 21 heavy (non-hydrogen) atoms. The second kappa shape index (κ2) is 8.00. The van der Waals surface area contributed by atoms with E-state index in [0.29, 0.717) is 19.3 Å². The number of ether oxygens (including phenoxy) is 1. The van der Waals surface area contributed by atoms with Gasteiger partial charge in [0.2, 0.25) is 0 Å². The van der Waals surface area contributed by atoms with Gasteiger partial charge in [-0.25, -0.2) is 4.79 Å². The smallest absolute Gasteiger partial charge is 0.319 e. The first-order valence-electron chi connectivity index (χ1n) is 7.67. The molecule has 1 fully saturated rings. The van der Waals surface area contributed by atoms with Gasteiger partial charge in [0.1, 0.15) is 0 Å². The second-order valence-electron chi connectivity index (χ2n) is 5.57. The summed E-state index contributed by atoms with van der Waals surface area (Å²) in [7, 11) is 0. The van der Waals surface area contributed by atoms with Gasteiger partial charge in [-0.05, 0) is 37.5 Å². The molecule has 116 valence electrons. The number of anilines is 1. The SMILES string of the molecule is CC(N)c1cccc(NC(=O)NCCOC2CCCC2)c1. The number of hydrogen-bond donors (Lipinski definition) is 3. The standard InChI is InChI=1S/C16H25N3O2/c1-12(17)13-5-4-6-14(11-13)19-16(20)18-9-10-21-15-7-2-3-8-15/h4-6,11-12,15H,2-3,7-10,17H2,1H3,(H2,18,19,20). The third kappa shape index (κ3) is 5.36. The van der Waals surface area contributed by atoms with Gasteiger partial charge in [0, 0.05) is 18.3 Å². The van der Waals surface area contributed by atoms with Gasteiger partial charge in [0.05, 0.1) is 12.7 Å². The van der Waals surface area contributed by atoms with Crippen LogP contribution in [0.2, 0.25) is 0 Å². The lowest BCUT2D eigenvalue weighted by atomic mass is 10.1. The Kier molecular flexibility index (Phi) is 6.02. The molecule has 1 aromatic rings. The molecule has 5 heteroatoms. The highest BCUT2D eigenvalue weighted by Crippen LogP contribution is 2.20. The molecule has 0 radical (unpaired) electrons. The molecule has 4 N–H and O–H groups in total. The van der Waals surface area contributed by atoms with Crippen molar-refractivity contribution in [3.8, 4) is 0 Å². The average molecular weight is 291 g/mol. The minimum absolute atomic E-state index is 0.0466. The van der Waals surface area contributed by atoms with E-state index in [1.807, 2.05) is 31.2 Å². The van der Waals surface area contributed by atoms with Crippen molar-refractivity contribution in [1.82, 2.24) is 5.32 Å². The van der Waals surface area contributed by atoms with Crippen LogP contribution in [0, 0.1) is 0 Å². The minimum atomic E-state index is -0.216. The van der Waals surface area contributed by atoms with Crippen LogP contribution in [-0.4, -0.2) is 25.3 Å². The molecule has 1 saturated carbocycles. The molecule has 1 aliphatic rings. The predicted octanol–water partition coefficient (Wildman–Crippen LogP) is 2.79. The molecule has 1 atom stereocenters. The van der Waals surface area contributed by atoms with Crippen LogP contribution in [0.5, 0.6) is 0 Å². The highest BCUT2D eigenvalue weighted by atomic mass is 16.5. The molecular formula is C16H25N3O2. The quantitative estimate of drug-likeness (QED) is 0.705. The van der Waals surface area contributed by atoms with E-state index < -0.39 is 0 Å². The molecule has 0 aromatic heterocycles. The maximum atomic E-state index is 11.8. The summed E-state index contributed by atoms with van der Waals surface area (Å²) >= 11 is 0. The van der Waals surface area contributed by atoms with E-state index in [9.17, 15) is 4.79 Å². The summed E-state index contributed by atoms with van der Waals surface area (Å²) in [5, 5.41) is 5.60. The largest absolute Gasteiger partial charge is 0.376 e. The minimum Gasteiger partial charge on any atom is -0.376 e. The molecule has 1 aliphatic carbocycles. The summed E-state index contributed by atoms with van der Waals surface area (Å²) < 4.78 is 5.70. The van der Waals surface area contributed by atoms with Crippen molar-refractivity contribution >= 4 is 11.7 Å². The Labute approximate surface area is 126 Å². The number of rotatable bonds is 6. The second-order valence-corrected chi connectivity index (χ2v) is 5.57. The van der Waals surface area contributed by atoms with Gasteiger partial charge in [-0.1, -0.05) is 25.0 Å². The van der Waals surface area contributed by atoms with E-state index >= 15 is 0 Å². The van der Waals surface area contributed by atoms with E-state index in [1.54, 1.807) is 0 Å². The first kappa shape index (κ1) is 15.8. The van der Waals surface area contributed by atoms with Crippen molar-refractivity contribution in [3.63, 3.8) is 0 Å². The summed E-state index contributed by atoms with van der Waals surface area (Å²) in [6.07, 6.45) is 5.20. The molecule has 0 aliphatic heterocycles. The van der Waals surface area contributed by atoms with Crippen molar-refractivity contribution in [2.24, 2.45) is 5.73 Å². The number of hydrogen-bond acceptors (Lipinski definition) is 3. The average Bonchev–Trinajstić information content (AvgIpc) is 2.97. The maximum Gasteiger partial charge on any atom is 0.319 e. The molecule has 0 spiro atoms. The van der Waals surface area contributed by atoms with Crippen LogP contribution >= 0.6 is 0 Å². The normalized spacial score (nSPS) is 16.7. The van der Waals surface area contributed by atoms with Crippen LogP contribution in [0.3, 0.4) is 0 Å². The zero-order chi connectivity index (χ0) is 15.1. The molecular weight excluding hydrogens is 266 g/mol. The molecule has 1 unspecified atom stereocenters. The molecule has 0 saturated heterocycles. The lowest BCUT2D eigenvalue weighted by Crippen LogP contribution is -2.32. The number of amides is 2. The van der Waals surface area contributed by atoms with Crippen molar-refractivity contribution in [2.45, 2.75) is 44.8 Å². The number of nitrogens with one attached hydrogen (secondary N) is 2. The number of urea groups is 1. The lowest BCUT2D eigenvalue weighted by molar-refractivity contribution is 0.0615. The maximum absolute atomic E-state index is 11.8. The van der Waals surface area contributed by atoms with Gasteiger partial charge < -0.3 is 21.1 Å². The highest BCUT2D eigenvalue weighted by molar-refractivity contribution is 5.89. The fourth-order valence-corrected chi connectivity index (χ4v) is 2.52. The van der Waals surface area contributed by atoms with E-state index in [-0.39, 0.29) is 12.1 Å². The van der Waals surface area contributed by atoms with Crippen LogP contribution < -0.4 is 16.4 Å². The van der Waals surface area contributed by atoms with E-state index in [1.165, 1.54) is 12.8 Å². The first-order valence-corrected chi connectivity index (χ1v) is 7.67. The fraction of sp³-hybridized carbons (Fsp3) is 0.562. The third-order valence-corrected chi connectivity index (χ3v) is 3.71. The molecule has 0 heterocycles. The van der Waals surface area contributed by atoms with Crippen LogP contribution in [0.4, 0.5) is 10.5 Å². The topological polar surface area (TPSA) is 76.4 Å². The summed E-state index contributed by atoms with van der Waals surface area (Å²) in [6, 6.07) is 7.31. The van der Waals surface area contributed by atoms with Gasteiger partial charge >= 0.3 is 6.03 Å². The molecule has 2 amide bonds. The van der Waals surface area contributed by atoms with Crippen LogP contribution in [0.15, 0.2) is 24.3 Å². The molecule has 2 rings (SSSR count). The zero-order valence-corrected chi connectivity index (χ0v) is 12.6. The highest BCUT2D eigenvalue weighted by Gasteiger charge is 2.14. The van der Waals surface area contributed by atoms with Gasteiger partial charge in [0.25, 0.3) is 0 Å². The summed E-state index contributed by atoms with van der Waals surface area (Å²) in [5.74, 6) is 0. The Morgan fingerprint density at radius 3 is 2.90 bits per heavy atom.